The number of fused-ring (bicyclic) bond motifs is 9. The normalized spacial score (nSPS) is 18.2. The fourth-order valence-corrected chi connectivity index (χ4v) is 15.4. The van der Waals surface area contributed by atoms with Crippen molar-refractivity contribution in [2.75, 3.05) is 0 Å². The fraction of sp³-hybridized carbons (Fsp3) is 0.182. The van der Waals surface area contributed by atoms with Crippen molar-refractivity contribution >= 4 is 51.1 Å². The molecule has 3 aliphatic carbocycles. The average molecular weight is 879 g/mol. The molecule has 0 spiro atoms. The second-order valence-corrected chi connectivity index (χ2v) is 25.6. The Labute approximate surface area is 398 Å². The summed E-state index contributed by atoms with van der Waals surface area (Å²) in [6.45, 7) is 17.3. The first-order valence-corrected chi connectivity index (χ1v) is 27.4. The van der Waals surface area contributed by atoms with Gasteiger partial charge in [-0.1, -0.05) is 224 Å². The van der Waals surface area contributed by atoms with Crippen LogP contribution in [0.15, 0.2) is 194 Å². The molecule has 326 valence electrons. The van der Waals surface area contributed by atoms with Crippen LogP contribution in [0.3, 0.4) is 0 Å². The lowest BCUT2D eigenvalue weighted by atomic mass is 9.71. The molecular weight excluding hydrogens is 821 g/mol. The maximum absolute atomic E-state index is 2.65. The van der Waals surface area contributed by atoms with Gasteiger partial charge in [0.25, 0.3) is 0 Å². The van der Waals surface area contributed by atoms with Gasteiger partial charge in [-0.3, -0.25) is 0 Å². The molecule has 0 nitrogen and oxygen atoms in total. The van der Waals surface area contributed by atoms with E-state index in [0.717, 1.165) is 12.8 Å². The van der Waals surface area contributed by atoms with E-state index >= 15 is 0 Å². The van der Waals surface area contributed by atoms with E-state index in [-0.39, 0.29) is 16.7 Å². The van der Waals surface area contributed by atoms with Gasteiger partial charge in [0, 0.05) is 5.41 Å². The number of rotatable bonds is 4. The zero-order valence-corrected chi connectivity index (χ0v) is 41.0. The third-order valence-electron chi connectivity index (χ3n) is 16.5. The minimum atomic E-state index is -2.01. The predicted octanol–water partition coefficient (Wildman–Crippen LogP) is 16.4. The van der Waals surface area contributed by atoms with Crippen molar-refractivity contribution in [2.24, 2.45) is 5.92 Å². The molecule has 1 unspecified atom stereocenters. The standard InChI is InChI=1S/C66H58Si/c1-42-36-48(25-19-24-45-30-31-46(37-58(45)65(42,2)3)43-20-11-8-9-12-21-43)63-53-27-15-16-28-54(53)64(57-41-62-55(40-56(57)63)52-26-17-18-29-61(52)67(62,6)7)49-33-35-51-50-34-32-47(44-22-13-10-14-23-44)38-59(50)66(4,5)60(51)39-49/h8-20,22-23,25-42H,21,24H2,1-7H3. The minimum absolute atomic E-state index is 0.113. The van der Waals surface area contributed by atoms with Crippen molar-refractivity contribution in [1.82, 2.24) is 0 Å². The van der Waals surface area contributed by atoms with Gasteiger partial charge >= 0.3 is 0 Å². The highest BCUT2D eigenvalue weighted by molar-refractivity contribution is 7.04. The van der Waals surface area contributed by atoms with Crippen LogP contribution in [0, 0.1) is 5.92 Å². The van der Waals surface area contributed by atoms with E-state index in [4.69, 9.17) is 0 Å². The van der Waals surface area contributed by atoms with Crippen molar-refractivity contribution in [3.8, 4) is 44.5 Å². The van der Waals surface area contributed by atoms with Gasteiger partial charge in [-0.25, -0.2) is 0 Å². The van der Waals surface area contributed by atoms with Crippen molar-refractivity contribution in [3.05, 3.63) is 228 Å². The maximum atomic E-state index is 2.65. The Bertz CT molecular complexity index is 3540. The molecule has 0 saturated heterocycles. The van der Waals surface area contributed by atoms with Crippen LogP contribution < -0.4 is 10.4 Å². The van der Waals surface area contributed by atoms with E-state index < -0.39 is 8.07 Å². The van der Waals surface area contributed by atoms with Crippen molar-refractivity contribution in [3.63, 3.8) is 0 Å². The Hall–Kier alpha value is -6.80. The second-order valence-electron chi connectivity index (χ2n) is 21.2. The highest BCUT2D eigenvalue weighted by atomic mass is 28.3. The Morgan fingerprint density at radius 1 is 0.478 bits per heavy atom. The highest BCUT2D eigenvalue weighted by Crippen LogP contribution is 2.53. The van der Waals surface area contributed by atoms with Crippen LogP contribution >= 0.6 is 0 Å². The second kappa shape index (κ2) is 15.4. The molecule has 0 N–H and O–H groups in total. The van der Waals surface area contributed by atoms with Gasteiger partial charge in [-0.05, 0) is 163 Å². The summed E-state index contributed by atoms with van der Waals surface area (Å²) in [5.74, 6) is 0.250. The minimum Gasteiger partial charge on any atom is -0.0801 e. The third kappa shape index (κ3) is 6.46. The largest absolute Gasteiger partial charge is 0.113 e. The lowest BCUT2D eigenvalue weighted by molar-refractivity contribution is 0.407. The smallest absolute Gasteiger partial charge is 0.0801 e. The quantitative estimate of drug-likeness (QED) is 0.122. The monoisotopic (exact) mass is 878 g/mol. The average Bonchev–Trinajstić information content (AvgIpc) is 3.52. The van der Waals surface area contributed by atoms with E-state index in [0.29, 0.717) is 0 Å². The number of hydrogen-bond acceptors (Lipinski definition) is 0. The first-order chi connectivity index (χ1) is 32.4. The van der Waals surface area contributed by atoms with E-state index in [1.165, 1.54) is 111 Å². The molecule has 67 heavy (non-hydrogen) atoms. The number of allylic oxidation sites excluding steroid dienone is 10. The summed E-state index contributed by atoms with van der Waals surface area (Å²) in [6.07, 6.45) is 20.4. The molecule has 8 aromatic carbocycles. The highest BCUT2D eigenvalue weighted by Gasteiger charge is 2.40. The zero-order valence-electron chi connectivity index (χ0n) is 40.0. The molecule has 0 aromatic heterocycles. The molecule has 1 atom stereocenters. The molecule has 8 aromatic rings. The first-order valence-electron chi connectivity index (χ1n) is 24.4. The molecule has 1 heterocycles. The molecule has 0 radical (unpaired) electrons. The van der Waals surface area contributed by atoms with E-state index in [9.17, 15) is 0 Å². The summed E-state index contributed by atoms with van der Waals surface area (Å²) < 4.78 is 0. The lowest BCUT2D eigenvalue weighted by Crippen LogP contribution is -2.49. The summed E-state index contributed by atoms with van der Waals surface area (Å²) in [5.41, 5.74) is 21.4. The van der Waals surface area contributed by atoms with Crippen LogP contribution in [0.4, 0.5) is 0 Å². The van der Waals surface area contributed by atoms with E-state index in [2.05, 4.69) is 242 Å². The van der Waals surface area contributed by atoms with Crippen LogP contribution in [0.1, 0.15) is 74.4 Å². The van der Waals surface area contributed by atoms with Crippen LogP contribution in [0.5, 0.6) is 0 Å². The summed E-state index contributed by atoms with van der Waals surface area (Å²) in [5, 5.41) is 8.40. The molecule has 12 rings (SSSR count). The molecule has 0 saturated carbocycles. The number of hydrogen-bond donors (Lipinski definition) is 0. The molecule has 0 fully saturated rings. The van der Waals surface area contributed by atoms with Crippen LogP contribution in [-0.4, -0.2) is 8.07 Å². The van der Waals surface area contributed by atoms with Gasteiger partial charge in [0.05, 0.1) is 0 Å². The van der Waals surface area contributed by atoms with Crippen LogP contribution in [0.2, 0.25) is 13.1 Å². The SMILES string of the molecule is CC1C=C(c2c3ccccc3c(-c3ccc4c(c3)C(C)(C)c3cc(-c5ccccc5)ccc3-4)c3cc4c(cc23)-c2ccccc2[Si]4(C)C)C=CCc2ccc(C3=CC=CC=CC3)cc2C1(C)C. The zero-order chi connectivity index (χ0) is 45.8. The van der Waals surface area contributed by atoms with Gasteiger partial charge in [-0.2, -0.15) is 0 Å². The topological polar surface area (TPSA) is 0 Å². The molecule has 0 bridgehead atoms. The summed E-state index contributed by atoms with van der Waals surface area (Å²) in [7, 11) is -2.01. The van der Waals surface area contributed by atoms with Crippen molar-refractivity contribution in [1.29, 1.82) is 0 Å². The summed E-state index contributed by atoms with van der Waals surface area (Å²) in [4.78, 5) is 0. The number of benzene rings is 8. The van der Waals surface area contributed by atoms with E-state index in [1.54, 1.807) is 10.4 Å². The van der Waals surface area contributed by atoms with E-state index in [1.807, 2.05) is 0 Å². The predicted molar refractivity (Wildman–Crippen MR) is 292 cm³/mol. The first kappa shape index (κ1) is 41.6. The van der Waals surface area contributed by atoms with Gasteiger partial charge in [0.2, 0.25) is 0 Å². The summed E-state index contributed by atoms with van der Waals surface area (Å²) in [6, 6.07) is 56.4. The fourth-order valence-electron chi connectivity index (χ4n) is 12.3. The Kier molecular flexibility index (Phi) is 9.55. The molecule has 1 aliphatic heterocycles. The van der Waals surface area contributed by atoms with Crippen molar-refractivity contribution in [2.45, 2.75) is 71.4 Å². The molecule has 0 amide bonds. The van der Waals surface area contributed by atoms with Crippen LogP contribution in [-0.2, 0) is 17.3 Å². The van der Waals surface area contributed by atoms with Crippen LogP contribution in [0.25, 0.3) is 77.2 Å². The maximum Gasteiger partial charge on any atom is 0.113 e. The lowest BCUT2D eigenvalue weighted by Gasteiger charge is -2.33. The van der Waals surface area contributed by atoms with Gasteiger partial charge in [0.15, 0.2) is 0 Å². The Balaban J connectivity index is 1.08. The molecular formula is C66H58Si. The molecule has 1 heteroatoms. The van der Waals surface area contributed by atoms with Crippen molar-refractivity contribution < 1.29 is 0 Å². The Morgan fingerprint density at radius 3 is 1.93 bits per heavy atom. The Morgan fingerprint density at radius 2 is 1.13 bits per heavy atom. The van der Waals surface area contributed by atoms with Gasteiger partial charge in [-0.15, -0.1) is 0 Å². The van der Waals surface area contributed by atoms with Gasteiger partial charge < -0.3 is 0 Å². The molecule has 4 aliphatic rings. The van der Waals surface area contributed by atoms with Gasteiger partial charge in [0.1, 0.15) is 8.07 Å². The third-order valence-corrected chi connectivity index (χ3v) is 20.0. The summed E-state index contributed by atoms with van der Waals surface area (Å²) >= 11 is 0.